The zero-order chi connectivity index (χ0) is 16.1. The van der Waals surface area contributed by atoms with Crippen LogP contribution >= 0.6 is 11.6 Å². The highest BCUT2D eigenvalue weighted by Gasteiger charge is 2.16. The third kappa shape index (κ3) is 4.09. The number of Topliss-reactive ketones (excluding diaryl/α,β-unsaturated/α-hetero) is 1. The fourth-order valence-electron chi connectivity index (χ4n) is 1.82. The highest BCUT2D eigenvalue weighted by molar-refractivity contribution is 6.32. The summed E-state index contributed by atoms with van der Waals surface area (Å²) in [5.74, 6) is 0.141. The van der Waals surface area contributed by atoms with Crippen molar-refractivity contribution in [3.05, 3.63) is 59.1 Å². The van der Waals surface area contributed by atoms with Crippen LogP contribution in [0.2, 0.25) is 5.02 Å². The lowest BCUT2D eigenvalue weighted by Crippen LogP contribution is -2.30. The molecule has 0 bridgehead atoms. The zero-order valence-electron chi connectivity index (χ0n) is 12.3. The molecule has 0 aromatic heterocycles. The molecule has 1 amide bonds. The molecule has 0 aliphatic heterocycles. The van der Waals surface area contributed by atoms with Crippen molar-refractivity contribution in [2.45, 2.75) is 20.0 Å². The number of para-hydroxylation sites is 1. The number of amides is 1. The van der Waals surface area contributed by atoms with E-state index in [4.69, 9.17) is 16.3 Å². The Labute approximate surface area is 134 Å². The Bertz CT molecular complexity index is 683. The summed E-state index contributed by atoms with van der Waals surface area (Å²) >= 11 is 5.99. The van der Waals surface area contributed by atoms with Crippen molar-refractivity contribution in [3.63, 3.8) is 0 Å². The van der Waals surface area contributed by atoms with Gasteiger partial charge in [0.2, 0.25) is 0 Å². The van der Waals surface area contributed by atoms with Crippen LogP contribution in [0.5, 0.6) is 5.75 Å². The van der Waals surface area contributed by atoms with Gasteiger partial charge in [0, 0.05) is 11.3 Å². The van der Waals surface area contributed by atoms with E-state index < -0.39 is 6.10 Å². The Morgan fingerprint density at radius 3 is 2.32 bits per heavy atom. The van der Waals surface area contributed by atoms with Gasteiger partial charge in [0.25, 0.3) is 5.91 Å². The quantitative estimate of drug-likeness (QED) is 0.850. The number of ketones is 1. The highest BCUT2D eigenvalue weighted by atomic mass is 35.5. The lowest BCUT2D eigenvalue weighted by atomic mass is 10.1. The summed E-state index contributed by atoms with van der Waals surface area (Å²) < 4.78 is 5.54. The van der Waals surface area contributed by atoms with E-state index >= 15 is 0 Å². The van der Waals surface area contributed by atoms with E-state index in [1.165, 1.54) is 6.92 Å². The van der Waals surface area contributed by atoms with Crippen molar-refractivity contribution in [1.82, 2.24) is 0 Å². The third-order valence-corrected chi connectivity index (χ3v) is 3.38. The van der Waals surface area contributed by atoms with E-state index in [1.807, 2.05) is 0 Å². The Morgan fingerprint density at radius 2 is 1.73 bits per heavy atom. The summed E-state index contributed by atoms with van der Waals surface area (Å²) in [6, 6.07) is 13.7. The number of rotatable bonds is 5. The molecule has 0 spiro atoms. The van der Waals surface area contributed by atoms with E-state index in [9.17, 15) is 9.59 Å². The van der Waals surface area contributed by atoms with E-state index in [1.54, 1.807) is 55.5 Å². The molecule has 1 atom stereocenters. The van der Waals surface area contributed by atoms with Gasteiger partial charge in [0.1, 0.15) is 5.75 Å². The Balaban J connectivity index is 1.99. The average molecular weight is 318 g/mol. The molecule has 0 aliphatic rings. The second-order valence-electron chi connectivity index (χ2n) is 4.81. The Morgan fingerprint density at radius 1 is 1.09 bits per heavy atom. The highest BCUT2D eigenvalue weighted by Crippen LogP contribution is 2.24. The number of nitrogens with one attached hydrogen (secondary N) is 1. The van der Waals surface area contributed by atoms with Crippen LogP contribution in [0.15, 0.2) is 48.5 Å². The molecule has 2 aromatic carbocycles. The molecule has 0 saturated heterocycles. The first-order valence-corrected chi connectivity index (χ1v) is 7.18. The molecule has 0 fully saturated rings. The Kier molecular flexibility index (Phi) is 5.17. The van der Waals surface area contributed by atoms with Crippen molar-refractivity contribution < 1.29 is 14.3 Å². The van der Waals surface area contributed by atoms with Crippen LogP contribution in [0.1, 0.15) is 24.2 Å². The van der Waals surface area contributed by atoms with Gasteiger partial charge in [0.05, 0.1) is 5.02 Å². The maximum absolute atomic E-state index is 12.1. The predicted octanol–water partition coefficient (Wildman–Crippen LogP) is 3.95. The minimum Gasteiger partial charge on any atom is -0.479 e. The van der Waals surface area contributed by atoms with Gasteiger partial charge in [-0.15, -0.1) is 0 Å². The topological polar surface area (TPSA) is 55.4 Å². The van der Waals surface area contributed by atoms with Gasteiger partial charge in [-0.1, -0.05) is 23.7 Å². The third-order valence-electron chi connectivity index (χ3n) is 3.07. The number of carbonyl (C=O) groups is 2. The number of benzene rings is 2. The minimum atomic E-state index is -0.701. The van der Waals surface area contributed by atoms with E-state index in [-0.39, 0.29) is 11.7 Å². The van der Waals surface area contributed by atoms with Crippen LogP contribution in [0.4, 0.5) is 5.69 Å². The lowest BCUT2D eigenvalue weighted by molar-refractivity contribution is -0.122. The molecule has 114 valence electrons. The van der Waals surface area contributed by atoms with Gasteiger partial charge in [-0.2, -0.15) is 0 Å². The molecule has 0 heterocycles. The van der Waals surface area contributed by atoms with E-state index in [0.29, 0.717) is 22.0 Å². The SMILES string of the molecule is CC(=O)c1ccc(NC(=O)[C@H](C)Oc2ccccc2Cl)cc1. The van der Waals surface area contributed by atoms with Crippen LogP contribution in [0.3, 0.4) is 0 Å². The first kappa shape index (κ1) is 16.0. The van der Waals surface area contributed by atoms with Crippen molar-refractivity contribution in [3.8, 4) is 5.75 Å². The number of halogens is 1. The summed E-state index contributed by atoms with van der Waals surface area (Å²) in [6.45, 7) is 3.13. The van der Waals surface area contributed by atoms with E-state index in [0.717, 1.165) is 0 Å². The maximum Gasteiger partial charge on any atom is 0.265 e. The molecule has 4 nitrogen and oxygen atoms in total. The standard InChI is InChI=1S/C17H16ClNO3/c1-11(20)13-7-9-14(10-8-13)19-17(21)12(2)22-16-6-4-3-5-15(16)18/h3-10,12H,1-2H3,(H,19,21)/t12-/m0/s1. The lowest BCUT2D eigenvalue weighted by Gasteiger charge is -2.15. The van der Waals surface area contributed by atoms with Gasteiger partial charge in [-0.3, -0.25) is 9.59 Å². The van der Waals surface area contributed by atoms with Crippen LogP contribution in [-0.2, 0) is 4.79 Å². The molecule has 1 N–H and O–H groups in total. The largest absolute Gasteiger partial charge is 0.479 e. The molecule has 0 unspecified atom stereocenters. The van der Waals surface area contributed by atoms with Crippen molar-refractivity contribution in [1.29, 1.82) is 0 Å². The van der Waals surface area contributed by atoms with Gasteiger partial charge < -0.3 is 10.1 Å². The second-order valence-corrected chi connectivity index (χ2v) is 5.22. The van der Waals surface area contributed by atoms with Crippen molar-refractivity contribution in [2.75, 3.05) is 5.32 Å². The Hall–Kier alpha value is -2.33. The number of ether oxygens (including phenoxy) is 1. The van der Waals surface area contributed by atoms with Crippen molar-refractivity contribution in [2.24, 2.45) is 0 Å². The molecule has 2 rings (SSSR count). The maximum atomic E-state index is 12.1. The average Bonchev–Trinajstić information content (AvgIpc) is 2.50. The molecule has 5 heteroatoms. The normalized spacial score (nSPS) is 11.6. The summed E-state index contributed by atoms with van der Waals surface area (Å²) in [4.78, 5) is 23.3. The predicted molar refractivity (Wildman–Crippen MR) is 86.6 cm³/mol. The number of hydrogen-bond acceptors (Lipinski definition) is 3. The molecule has 0 saturated carbocycles. The van der Waals surface area contributed by atoms with Crippen LogP contribution in [0.25, 0.3) is 0 Å². The summed E-state index contributed by atoms with van der Waals surface area (Å²) in [7, 11) is 0. The smallest absolute Gasteiger partial charge is 0.265 e. The van der Waals surface area contributed by atoms with Crippen LogP contribution < -0.4 is 10.1 Å². The first-order chi connectivity index (χ1) is 10.5. The van der Waals surface area contributed by atoms with Crippen molar-refractivity contribution >= 4 is 29.0 Å². The second kappa shape index (κ2) is 7.09. The molecule has 22 heavy (non-hydrogen) atoms. The van der Waals surface area contributed by atoms with Gasteiger partial charge in [-0.25, -0.2) is 0 Å². The van der Waals surface area contributed by atoms with Gasteiger partial charge in [-0.05, 0) is 50.2 Å². The van der Waals surface area contributed by atoms with Gasteiger partial charge >= 0.3 is 0 Å². The number of carbonyl (C=O) groups excluding carboxylic acids is 2. The molecule has 0 aliphatic carbocycles. The molecule has 0 radical (unpaired) electrons. The van der Waals surface area contributed by atoms with Crippen LogP contribution in [-0.4, -0.2) is 17.8 Å². The first-order valence-electron chi connectivity index (χ1n) is 6.80. The fourth-order valence-corrected chi connectivity index (χ4v) is 2.00. The molecular formula is C17H16ClNO3. The summed E-state index contributed by atoms with van der Waals surface area (Å²) in [6.07, 6.45) is -0.701. The summed E-state index contributed by atoms with van der Waals surface area (Å²) in [5.41, 5.74) is 1.20. The molecule has 2 aromatic rings. The number of hydrogen-bond donors (Lipinski definition) is 1. The fraction of sp³-hybridized carbons (Fsp3) is 0.176. The van der Waals surface area contributed by atoms with E-state index in [2.05, 4.69) is 5.32 Å². The van der Waals surface area contributed by atoms with Gasteiger partial charge in [0.15, 0.2) is 11.9 Å². The minimum absolute atomic E-state index is 0.0201. The monoisotopic (exact) mass is 317 g/mol. The van der Waals surface area contributed by atoms with Crippen LogP contribution in [0, 0.1) is 0 Å². The number of anilines is 1. The summed E-state index contributed by atoms with van der Waals surface area (Å²) in [5, 5.41) is 3.18. The zero-order valence-corrected chi connectivity index (χ0v) is 13.1. The molecular weight excluding hydrogens is 302 g/mol.